The van der Waals surface area contributed by atoms with E-state index in [0.29, 0.717) is 0 Å². The van der Waals surface area contributed by atoms with Gasteiger partial charge < -0.3 is 86.2 Å². The molecular weight excluding hydrogens is 856 g/mol. The van der Waals surface area contributed by atoms with Crippen LogP contribution >= 0.6 is 0 Å². The maximum Gasteiger partial charge on any atom is 0.374 e. The summed E-state index contributed by atoms with van der Waals surface area (Å²) in [6, 6.07) is -5.81. The standard InChI is InChI=1S/C14H20N2O7.C11H19NO4.C8H14BNO5.C4H10BNO4/c1-7(2)13(20)22-5-9(15)11(17)16-10(12(18)19)6-23-14(21)8(3)4;1-7(2)9(13)15-6-8(12)10(14)16-11(3,4)5;1-5(2)8(13)15-4-6(7(11)12)10-9(3)14;1-5(10)6-3(2-7)4(8)9/h9-10H,1,3,5-6,15H2,2,4H3,(H,16,17)(H,18,19);8H,1,6,12H2,2-5H3;6,10,14H,1,4H2,2-3H3,(H,11,12);3,6-7,10H,2H2,1H3,(H,8,9)/t9-,10-;8-;6-;3-/m0000/s1. The molecule has 0 rings (SSSR count). The number of carboxylic acids is 3. The number of hydrogen-bond donors (Lipinski definition) is 10. The largest absolute Gasteiger partial charge is 0.548 e. The van der Waals surface area contributed by atoms with Crippen molar-refractivity contribution in [1.82, 2.24) is 15.8 Å². The molecule has 0 spiro atoms. The summed E-state index contributed by atoms with van der Waals surface area (Å²) in [7, 11) is -1.91. The van der Waals surface area contributed by atoms with Crippen LogP contribution in [-0.4, -0.2) is 162 Å². The number of quaternary nitrogens is 1. The van der Waals surface area contributed by atoms with Gasteiger partial charge in [0, 0.05) is 22.3 Å². The maximum atomic E-state index is 11.8. The van der Waals surface area contributed by atoms with Gasteiger partial charge in [-0.1, -0.05) is 26.3 Å². The molecule has 0 radical (unpaired) electrons. The Morgan fingerprint density at radius 2 is 0.984 bits per heavy atom. The minimum Gasteiger partial charge on any atom is -0.548 e. The third-order valence-electron chi connectivity index (χ3n) is 6.31. The number of rotatable bonds is 23. The van der Waals surface area contributed by atoms with Crippen molar-refractivity contribution in [3.05, 3.63) is 48.6 Å². The van der Waals surface area contributed by atoms with E-state index in [9.17, 15) is 48.3 Å². The number of hydrogen-bond acceptors (Lipinski definition) is 21. The number of carbonyl (C=O) groups excluding carboxylic acids is 7. The van der Waals surface area contributed by atoms with E-state index in [1.54, 1.807) is 20.8 Å². The summed E-state index contributed by atoms with van der Waals surface area (Å²) in [4.78, 5) is 99.2. The van der Waals surface area contributed by atoms with Crippen molar-refractivity contribution in [2.75, 3.05) is 33.0 Å². The lowest BCUT2D eigenvalue weighted by molar-refractivity contribution is -0.409. The molecule has 0 aliphatic rings. The van der Waals surface area contributed by atoms with Crippen molar-refractivity contribution in [3.8, 4) is 0 Å². The van der Waals surface area contributed by atoms with Crippen LogP contribution in [0.25, 0.3) is 0 Å². The Morgan fingerprint density at radius 1 is 0.656 bits per heavy atom. The smallest absolute Gasteiger partial charge is 0.374 e. The van der Waals surface area contributed by atoms with Gasteiger partial charge in [-0.25, -0.2) is 19.2 Å². The number of nitrogens with two attached hydrogens (primary N) is 1. The Balaban J connectivity index is -0.000000390. The van der Waals surface area contributed by atoms with Crippen LogP contribution in [0.3, 0.4) is 0 Å². The van der Waals surface area contributed by atoms with Gasteiger partial charge in [0.05, 0.1) is 12.6 Å². The third-order valence-corrected chi connectivity index (χ3v) is 6.31. The number of nitrogens with one attached hydrogen (secondary N) is 3. The molecule has 0 aliphatic carbocycles. The second-order valence-electron chi connectivity index (χ2n) is 14.4. The molecule has 13 N–H and O–H groups in total. The summed E-state index contributed by atoms with van der Waals surface area (Å²) < 4.78 is 23.8. The minimum atomic E-state index is -1.64. The first-order valence-electron chi connectivity index (χ1n) is 18.7. The van der Waals surface area contributed by atoms with E-state index in [4.69, 9.17) is 45.3 Å². The molecule has 5 atom stereocenters. The topological polar surface area (TPSA) is 414 Å². The lowest BCUT2D eigenvalue weighted by atomic mass is 9.87. The Bertz CT molecular complexity index is 1650. The molecule has 0 aromatic carbocycles. The van der Waals surface area contributed by atoms with E-state index in [1.807, 2.05) is 0 Å². The number of carboxylic acid groups (broad SMARTS) is 3. The first-order chi connectivity index (χ1) is 29.1. The normalized spacial score (nSPS) is 12.4. The number of esters is 5. The van der Waals surface area contributed by atoms with Crippen LogP contribution in [0.4, 0.5) is 0 Å². The summed E-state index contributed by atoms with van der Waals surface area (Å²) in [6.07, 6.45) is 0. The highest BCUT2D eigenvalue weighted by Crippen LogP contribution is 2.08. The van der Waals surface area contributed by atoms with Gasteiger partial charge in [-0.3, -0.25) is 19.2 Å². The van der Waals surface area contributed by atoms with Crippen molar-refractivity contribution < 1.29 is 103 Å². The molecule has 27 heteroatoms. The molecule has 0 aliphatic heterocycles. The molecule has 0 aromatic rings. The number of ether oxygens (including phenoxy) is 5. The van der Waals surface area contributed by atoms with E-state index in [0.717, 1.165) is 0 Å². The Hall–Kier alpha value is -5.96. The van der Waals surface area contributed by atoms with Crippen LogP contribution in [0.15, 0.2) is 48.6 Å². The monoisotopic (exact) mass is 919 g/mol. The molecule has 0 unspecified atom stereocenters. The molecule has 362 valence electrons. The van der Waals surface area contributed by atoms with Gasteiger partial charge in [-0.05, 0) is 62.1 Å². The maximum absolute atomic E-state index is 11.8. The van der Waals surface area contributed by atoms with Crippen LogP contribution in [0.1, 0.15) is 48.5 Å². The number of aliphatic hydroxyl groups excluding tert-OH is 1. The number of aliphatic carboxylic acids is 3. The SMILES string of the molecule is C=C(C)C(=O)OC[C@H](N)C(=O)OC(C)(C)C.C=C(C)C(=O)OC[C@H](NB(C)O)C(=O)O.C=C(C)C(=O)OC[C@H](NC(=O)[C@@H]([NH3+])COC(=O)C(=C)C)C(=O)[O-].CB(O)N[C@@H](CO)C(=O)O. The van der Waals surface area contributed by atoms with Crippen LogP contribution in [0, 0.1) is 0 Å². The quantitative estimate of drug-likeness (QED) is 0.0199. The minimum absolute atomic E-state index is 0.0789. The highest BCUT2D eigenvalue weighted by molar-refractivity contribution is 6.46. The Kier molecular flexibility index (Phi) is 33.9. The highest BCUT2D eigenvalue weighted by atomic mass is 16.6. The van der Waals surface area contributed by atoms with Crippen molar-refractivity contribution in [2.24, 2.45) is 5.73 Å². The molecule has 0 saturated heterocycles. The summed E-state index contributed by atoms with van der Waals surface area (Å²) in [6.45, 7) is 25.1. The predicted molar refractivity (Wildman–Crippen MR) is 224 cm³/mol. The van der Waals surface area contributed by atoms with Gasteiger partial charge in [0.25, 0.3) is 5.91 Å². The number of amides is 1. The fraction of sp³-hybridized carbons (Fsp3) is 0.541. The molecule has 0 fully saturated rings. The summed E-state index contributed by atoms with van der Waals surface area (Å²) in [5.74, 6) is -8.15. The molecule has 1 amide bonds. The van der Waals surface area contributed by atoms with Gasteiger partial charge in [-0.15, -0.1) is 0 Å². The Morgan fingerprint density at radius 3 is 1.27 bits per heavy atom. The first-order valence-corrected chi connectivity index (χ1v) is 18.7. The molecule has 25 nitrogen and oxygen atoms in total. The molecule has 0 aromatic heterocycles. The zero-order valence-electron chi connectivity index (χ0n) is 37.5. The number of carbonyl (C=O) groups is 9. The number of aliphatic hydroxyl groups is 1. The molecular formula is C37H63B2N5O20. The predicted octanol–water partition coefficient (Wildman–Crippen LogP) is -4.76. The van der Waals surface area contributed by atoms with Gasteiger partial charge in [-0.2, -0.15) is 0 Å². The van der Waals surface area contributed by atoms with Crippen molar-refractivity contribution in [1.29, 1.82) is 0 Å². The fourth-order valence-corrected chi connectivity index (χ4v) is 3.11. The average Bonchev–Trinajstić information content (AvgIpc) is 3.16. The van der Waals surface area contributed by atoms with E-state index in [-0.39, 0.29) is 42.1 Å². The fourth-order valence-electron chi connectivity index (χ4n) is 3.11. The summed E-state index contributed by atoms with van der Waals surface area (Å²) in [5, 5.41) is 60.5. The van der Waals surface area contributed by atoms with E-state index >= 15 is 0 Å². The van der Waals surface area contributed by atoms with Crippen LogP contribution in [0.2, 0.25) is 13.6 Å². The summed E-state index contributed by atoms with van der Waals surface area (Å²) >= 11 is 0. The van der Waals surface area contributed by atoms with Gasteiger partial charge >= 0.3 is 55.9 Å². The molecule has 0 bridgehead atoms. The van der Waals surface area contributed by atoms with Gasteiger partial charge in [0.15, 0.2) is 12.6 Å². The second-order valence-corrected chi connectivity index (χ2v) is 14.4. The zero-order chi connectivity index (χ0) is 51.2. The average molecular weight is 920 g/mol. The van der Waals surface area contributed by atoms with Crippen molar-refractivity contribution in [3.63, 3.8) is 0 Å². The lowest BCUT2D eigenvalue weighted by Gasteiger charge is -2.22. The summed E-state index contributed by atoms with van der Waals surface area (Å²) in [5.41, 5.74) is 9.02. The Labute approximate surface area is 371 Å². The molecule has 0 heterocycles. The lowest BCUT2D eigenvalue weighted by Crippen LogP contribution is -2.71. The van der Waals surface area contributed by atoms with E-state index in [2.05, 4.69) is 57.3 Å². The van der Waals surface area contributed by atoms with Crippen LogP contribution < -0.4 is 32.3 Å². The van der Waals surface area contributed by atoms with Crippen molar-refractivity contribution in [2.45, 2.75) is 97.9 Å². The second kappa shape index (κ2) is 33.6. The first kappa shape index (κ1) is 64.7. The van der Waals surface area contributed by atoms with E-state index < -0.39 is 117 Å². The van der Waals surface area contributed by atoms with Gasteiger partial charge in [0.2, 0.25) is 0 Å². The third kappa shape index (κ3) is 35.6. The van der Waals surface area contributed by atoms with Crippen LogP contribution in [-0.2, 0) is 66.8 Å². The highest BCUT2D eigenvalue weighted by Gasteiger charge is 2.26. The van der Waals surface area contributed by atoms with E-state index in [1.165, 1.54) is 41.3 Å². The van der Waals surface area contributed by atoms with Gasteiger partial charge in [0.1, 0.15) is 49.6 Å². The van der Waals surface area contributed by atoms with Crippen molar-refractivity contribution >= 4 is 67.8 Å². The zero-order valence-corrected chi connectivity index (χ0v) is 37.5. The van der Waals surface area contributed by atoms with Crippen LogP contribution in [0.5, 0.6) is 0 Å². The molecule has 64 heavy (non-hydrogen) atoms. The molecule has 0 saturated carbocycles.